The summed E-state index contributed by atoms with van der Waals surface area (Å²) >= 11 is 0. The van der Waals surface area contributed by atoms with Crippen LogP contribution in [0.4, 0.5) is 0 Å². The van der Waals surface area contributed by atoms with Crippen LogP contribution in [-0.4, -0.2) is 9.13 Å². The highest BCUT2D eigenvalue weighted by Crippen LogP contribution is 2.39. The first-order valence-electron chi connectivity index (χ1n) is 8.01. The predicted molar refractivity (Wildman–Crippen MR) is 99.1 cm³/mol. The van der Waals surface area contributed by atoms with E-state index in [0.717, 1.165) is 0 Å². The molecule has 0 aliphatic rings. The second-order valence-corrected chi connectivity index (χ2v) is 6.51. The molecule has 0 N–H and O–H groups in total. The molecule has 0 saturated heterocycles. The van der Waals surface area contributed by atoms with Crippen molar-refractivity contribution in [1.29, 1.82) is 0 Å². The zero-order valence-electron chi connectivity index (χ0n) is 13.6. The van der Waals surface area contributed by atoms with Crippen molar-refractivity contribution in [2.24, 2.45) is 14.1 Å². The molecule has 2 heteroatoms. The van der Waals surface area contributed by atoms with Gasteiger partial charge in [-0.2, -0.15) is 0 Å². The lowest BCUT2D eigenvalue weighted by Gasteiger charge is -2.00. The molecule has 0 aliphatic carbocycles. The standard InChI is InChI=1S/C21H18N2/c1-13-8-9-17-15(12-13)21-19(23(17)3)11-10-18-20(21)14-6-4-5-7-16(14)22(18)2/h4-12H,1-3H3. The van der Waals surface area contributed by atoms with Crippen LogP contribution in [0.15, 0.2) is 54.6 Å². The van der Waals surface area contributed by atoms with Crippen LogP contribution in [0.2, 0.25) is 0 Å². The first kappa shape index (κ1) is 12.8. The van der Waals surface area contributed by atoms with E-state index in [4.69, 9.17) is 0 Å². The number of fused-ring (bicyclic) bond motifs is 7. The largest absolute Gasteiger partial charge is 0.344 e. The Morgan fingerprint density at radius 2 is 1.17 bits per heavy atom. The van der Waals surface area contributed by atoms with Crippen LogP contribution in [-0.2, 0) is 14.1 Å². The van der Waals surface area contributed by atoms with Gasteiger partial charge in [-0.05, 0) is 37.3 Å². The van der Waals surface area contributed by atoms with Crippen molar-refractivity contribution in [3.8, 4) is 0 Å². The Hall–Kier alpha value is -2.74. The van der Waals surface area contributed by atoms with Gasteiger partial charge in [-0.1, -0.05) is 29.8 Å². The molecule has 5 rings (SSSR count). The molecule has 0 aliphatic heterocycles. The zero-order chi connectivity index (χ0) is 15.7. The molecular formula is C21H18N2. The smallest absolute Gasteiger partial charge is 0.0496 e. The van der Waals surface area contributed by atoms with Gasteiger partial charge in [0.25, 0.3) is 0 Å². The second-order valence-electron chi connectivity index (χ2n) is 6.51. The monoisotopic (exact) mass is 298 g/mol. The van der Waals surface area contributed by atoms with Crippen LogP contribution in [0.5, 0.6) is 0 Å². The summed E-state index contributed by atoms with van der Waals surface area (Å²) in [6, 6.07) is 20.0. The Labute approximate surface area is 134 Å². The van der Waals surface area contributed by atoms with Gasteiger partial charge in [0.15, 0.2) is 0 Å². The van der Waals surface area contributed by atoms with Gasteiger partial charge in [0.1, 0.15) is 0 Å². The number of benzene rings is 3. The second kappa shape index (κ2) is 4.17. The molecule has 0 saturated carbocycles. The third kappa shape index (κ3) is 1.48. The molecule has 0 atom stereocenters. The van der Waals surface area contributed by atoms with Gasteiger partial charge >= 0.3 is 0 Å². The molecule has 0 spiro atoms. The van der Waals surface area contributed by atoms with Crippen LogP contribution in [0.1, 0.15) is 5.56 Å². The van der Waals surface area contributed by atoms with Crippen molar-refractivity contribution in [3.63, 3.8) is 0 Å². The fraction of sp³-hybridized carbons (Fsp3) is 0.143. The van der Waals surface area contributed by atoms with Gasteiger partial charge in [0.2, 0.25) is 0 Å². The summed E-state index contributed by atoms with van der Waals surface area (Å²) in [7, 11) is 4.32. The van der Waals surface area contributed by atoms with E-state index in [2.05, 4.69) is 84.8 Å². The molecular weight excluding hydrogens is 280 g/mol. The van der Waals surface area contributed by atoms with E-state index >= 15 is 0 Å². The fourth-order valence-electron chi connectivity index (χ4n) is 4.06. The molecule has 23 heavy (non-hydrogen) atoms. The maximum Gasteiger partial charge on any atom is 0.0496 e. The third-order valence-corrected chi connectivity index (χ3v) is 5.20. The zero-order valence-corrected chi connectivity index (χ0v) is 13.6. The summed E-state index contributed by atoms with van der Waals surface area (Å²) in [5.41, 5.74) is 6.50. The molecule has 0 bridgehead atoms. The fourth-order valence-corrected chi connectivity index (χ4v) is 4.06. The first-order valence-corrected chi connectivity index (χ1v) is 8.01. The van der Waals surface area contributed by atoms with E-state index in [9.17, 15) is 0 Å². The molecule has 3 aromatic carbocycles. The number of nitrogens with zero attached hydrogens (tertiary/aromatic N) is 2. The summed E-state index contributed by atoms with van der Waals surface area (Å²) in [4.78, 5) is 0. The van der Waals surface area contributed by atoms with Gasteiger partial charge in [-0.3, -0.25) is 0 Å². The van der Waals surface area contributed by atoms with Crippen molar-refractivity contribution < 1.29 is 0 Å². The molecule has 0 amide bonds. The molecule has 0 radical (unpaired) electrons. The van der Waals surface area contributed by atoms with Crippen molar-refractivity contribution in [1.82, 2.24) is 9.13 Å². The SMILES string of the molecule is Cc1ccc2c(c1)c1c3c4ccccc4n(C)c3ccc1n2C. The van der Waals surface area contributed by atoms with Gasteiger partial charge in [0.05, 0.1) is 0 Å². The lowest BCUT2D eigenvalue weighted by atomic mass is 10.0. The van der Waals surface area contributed by atoms with Crippen LogP contribution < -0.4 is 0 Å². The topological polar surface area (TPSA) is 9.86 Å². The van der Waals surface area contributed by atoms with E-state index in [-0.39, 0.29) is 0 Å². The Morgan fingerprint density at radius 1 is 0.609 bits per heavy atom. The lowest BCUT2D eigenvalue weighted by molar-refractivity contribution is 1.01. The number of hydrogen-bond acceptors (Lipinski definition) is 0. The van der Waals surface area contributed by atoms with Gasteiger partial charge in [-0.15, -0.1) is 0 Å². The molecule has 112 valence electrons. The van der Waals surface area contributed by atoms with Crippen molar-refractivity contribution in [3.05, 3.63) is 60.2 Å². The molecule has 2 heterocycles. The summed E-state index contributed by atoms with van der Waals surface area (Å²) in [6.45, 7) is 2.17. The van der Waals surface area contributed by atoms with E-state index in [1.54, 1.807) is 0 Å². The van der Waals surface area contributed by atoms with E-state index in [1.807, 2.05) is 0 Å². The highest BCUT2D eigenvalue weighted by atomic mass is 15.0. The third-order valence-electron chi connectivity index (χ3n) is 5.20. The van der Waals surface area contributed by atoms with Crippen LogP contribution in [0.25, 0.3) is 43.6 Å². The Morgan fingerprint density at radius 3 is 1.91 bits per heavy atom. The number of hydrogen-bond donors (Lipinski definition) is 0. The minimum atomic E-state index is 1.29. The normalized spacial score (nSPS) is 12.1. The van der Waals surface area contributed by atoms with Gasteiger partial charge in [-0.25, -0.2) is 0 Å². The van der Waals surface area contributed by atoms with E-state index in [0.29, 0.717) is 0 Å². The van der Waals surface area contributed by atoms with Crippen LogP contribution in [0, 0.1) is 6.92 Å². The predicted octanol–water partition coefficient (Wildman–Crippen LogP) is 5.28. The molecule has 0 unspecified atom stereocenters. The van der Waals surface area contributed by atoms with Gasteiger partial charge < -0.3 is 9.13 Å². The highest BCUT2D eigenvalue weighted by Gasteiger charge is 2.16. The molecule has 5 aromatic rings. The summed E-state index contributed by atoms with van der Waals surface area (Å²) in [6.07, 6.45) is 0. The van der Waals surface area contributed by atoms with E-state index < -0.39 is 0 Å². The Bertz CT molecular complexity index is 1240. The minimum Gasteiger partial charge on any atom is -0.344 e. The maximum atomic E-state index is 2.32. The van der Waals surface area contributed by atoms with E-state index in [1.165, 1.54) is 49.2 Å². The lowest BCUT2D eigenvalue weighted by Crippen LogP contribution is -1.87. The number of aromatic nitrogens is 2. The number of aryl methyl sites for hydroxylation is 3. The maximum absolute atomic E-state index is 2.32. The molecule has 2 nitrogen and oxygen atoms in total. The summed E-state index contributed by atoms with van der Waals surface area (Å²) in [5, 5.41) is 5.44. The number of para-hydroxylation sites is 1. The van der Waals surface area contributed by atoms with Crippen molar-refractivity contribution in [2.75, 3.05) is 0 Å². The summed E-state index contributed by atoms with van der Waals surface area (Å²) < 4.78 is 4.62. The van der Waals surface area contributed by atoms with Crippen molar-refractivity contribution in [2.45, 2.75) is 6.92 Å². The van der Waals surface area contributed by atoms with Crippen LogP contribution in [0.3, 0.4) is 0 Å². The Balaban J connectivity index is 2.20. The Kier molecular flexibility index (Phi) is 2.31. The van der Waals surface area contributed by atoms with Gasteiger partial charge in [0, 0.05) is 57.7 Å². The average molecular weight is 298 g/mol. The van der Waals surface area contributed by atoms with Crippen LogP contribution >= 0.6 is 0 Å². The highest BCUT2D eigenvalue weighted by molar-refractivity contribution is 6.28. The quantitative estimate of drug-likeness (QED) is 0.368. The first-order chi connectivity index (χ1) is 11.2. The number of rotatable bonds is 0. The minimum absolute atomic E-state index is 1.29. The molecule has 2 aromatic heterocycles. The average Bonchev–Trinajstić information content (AvgIpc) is 3.01. The summed E-state index contributed by atoms with van der Waals surface area (Å²) in [5.74, 6) is 0. The molecule has 0 fully saturated rings. The van der Waals surface area contributed by atoms with Crippen molar-refractivity contribution >= 4 is 43.6 Å².